The molecule has 0 radical (unpaired) electrons. The molecule has 2 N–H and O–H groups in total. The Hall–Kier alpha value is -3.14. The fourth-order valence-electron chi connectivity index (χ4n) is 2.83. The molecule has 1 aliphatic rings. The number of aliphatic imine (C=N–C) groups is 1. The van der Waals surface area contributed by atoms with Crippen LogP contribution in [0.1, 0.15) is 37.4 Å². The van der Waals surface area contributed by atoms with Crippen molar-refractivity contribution in [1.82, 2.24) is 5.43 Å². The van der Waals surface area contributed by atoms with Crippen LogP contribution in [-0.2, 0) is 0 Å². The maximum absolute atomic E-state index is 4.59. The van der Waals surface area contributed by atoms with E-state index in [1.807, 2.05) is 18.3 Å². The SMILES string of the molecule is C=C1N=C(CC)/C=N\NC=C1c1cccc(N[C@@H](C)c2ccccc2)c1. The van der Waals surface area contributed by atoms with Crippen molar-refractivity contribution in [3.8, 4) is 0 Å². The molecule has 0 aliphatic carbocycles. The van der Waals surface area contributed by atoms with Gasteiger partial charge in [-0.2, -0.15) is 5.10 Å². The van der Waals surface area contributed by atoms with Crippen molar-refractivity contribution < 1.29 is 0 Å². The lowest BCUT2D eigenvalue weighted by Crippen LogP contribution is -2.09. The van der Waals surface area contributed by atoms with Gasteiger partial charge in [0, 0.05) is 23.5 Å². The normalized spacial score (nSPS) is 16.5. The highest BCUT2D eigenvalue weighted by Gasteiger charge is 2.10. The Balaban J connectivity index is 1.84. The van der Waals surface area contributed by atoms with Gasteiger partial charge in [-0.15, -0.1) is 0 Å². The zero-order valence-corrected chi connectivity index (χ0v) is 15.2. The second-order valence-corrected chi connectivity index (χ2v) is 6.21. The summed E-state index contributed by atoms with van der Waals surface area (Å²) in [6.07, 6.45) is 4.39. The fraction of sp³-hybridized carbons (Fsp3) is 0.182. The minimum Gasteiger partial charge on any atom is -0.379 e. The predicted molar refractivity (Wildman–Crippen MR) is 111 cm³/mol. The molecule has 26 heavy (non-hydrogen) atoms. The van der Waals surface area contributed by atoms with Crippen LogP contribution in [0.4, 0.5) is 5.69 Å². The number of nitrogens with zero attached hydrogens (tertiary/aromatic N) is 2. The highest BCUT2D eigenvalue weighted by molar-refractivity contribution is 6.31. The Labute approximate surface area is 155 Å². The van der Waals surface area contributed by atoms with E-state index in [-0.39, 0.29) is 6.04 Å². The molecule has 2 aromatic carbocycles. The van der Waals surface area contributed by atoms with Crippen LogP contribution in [0, 0.1) is 0 Å². The average molecular weight is 344 g/mol. The van der Waals surface area contributed by atoms with Gasteiger partial charge in [-0.25, -0.2) is 0 Å². The molecule has 4 heteroatoms. The molecule has 1 aliphatic heterocycles. The lowest BCUT2D eigenvalue weighted by atomic mass is 10.0. The number of hydrazone groups is 1. The summed E-state index contributed by atoms with van der Waals surface area (Å²) >= 11 is 0. The minimum absolute atomic E-state index is 0.216. The van der Waals surface area contributed by atoms with Crippen LogP contribution in [0.15, 0.2) is 83.2 Å². The highest BCUT2D eigenvalue weighted by Crippen LogP contribution is 2.27. The van der Waals surface area contributed by atoms with Crippen molar-refractivity contribution >= 4 is 23.2 Å². The first-order valence-electron chi connectivity index (χ1n) is 8.85. The van der Waals surface area contributed by atoms with Gasteiger partial charge in [-0.1, -0.05) is 56.0 Å². The van der Waals surface area contributed by atoms with Gasteiger partial charge >= 0.3 is 0 Å². The molecule has 0 bridgehead atoms. The Kier molecular flexibility index (Phi) is 5.64. The van der Waals surface area contributed by atoms with Gasteiger partial charge in [0.1, 0.15) is 0 Å². The van der Waals surface area contributed by atoms with Crippen molar-refractivity contribution in [2.45, 2.75) is 26.3 Å². The Morgan fingerprint density at radius 1 is 1.12 bits per heavy atom. The van der Waals surface area contributed by atoms with Crippen molar-refractivity contribution in [3.05, 3.63) is 84.2 Å². The van der Waals surface area contributed by atoms with E-state index in [0.29, 0.717) is 0 Å². The first kappa shape index (κ1) is 17.7. The van der Waals surface area contributed by atoms with Crippen LogP contribution in [-0.4, -0.2) is 11.9 Å². The Bertz CT molecular complexity index is 863. The van der Waals surface area contributed by atoms with Gasteiger partial charge in [0.2, 0.25) is 0 Å². The largest absolute Gasteiger partial charge is 0.379 e. The van der Waals surface area contributed by atoms with E-state index in [9.17, 15) is 0 Å². The second-order valence-electron chi connectivity index (χ2n) is 6.21. The summed E-state index contributed by atoms with van der Waals surface area (Å²) in [5.74, 6) is 0. The third-order valence-electron chi connectivity index (χ3n) is 4.31. The molecule has 0 amide bonds. The van der Waals surface area contributed by atoms with E-state index in [1.165, 1.54) is 5.56 Å². The van der Waals surface area contributed by atoms with Crippen LogP contribution in [0.3, 0.4) is 0 Å². The standard InChI is InChI=1S/C22H24N4/c1-4-20-14-23-24-15-22(17(3)26-20)19-11-8-12-21(13-19)25-16(2)18-9-6-5-7-10-18/h5-16,24-25H,3-4H2,1-2H3/b22-15?,23-14-,26-20?/t16-/m0/s1. The van der Waals surface area contributed by atoms with Gasteiger partial charge in [-0.3, -0.25) is 10.4 Å². The molecule has 1 atom stereocenters. The molecule has 4 nitrogen and oxygen atoms in total. The summed E-state index contributed by atoms with van der Waals surface area (Å²) in [6.45, 7) is 8.34. The number of nitrogens with one attached hydrogen (secondary N) is 2. The molecule has 0 fully saturated rings. The average Bonchev–Trinajstić information content (AvgIpc) is 2.65. The summed E-state index contributed by atoms with van der Waals surface area (Å²) < 4.78 is 0. The first-order chi connectivity index (χ1) is 12.7. The molecular weight excluding hydrogens is 320 g/mol. The van der Waals surface area contributed by atoms with E-state index >= 15 is 0 Å². The molecular formula is C22H24N4. The number of anilines is 1. The third kappa shape index (κ3) is 4.28. The molecule has 1 heterocycles. The smallest absolute Gasteiger partial charge is 0.0687 e. The number of hydrogen-bond acceptors (Lipinski definition) is 4. The van der Waals surface area contributed by atoms with Gasteiger partial charge in [0.05, 0.1) is 17.6 Å². The van der Waals surface area contributed by atoms with Crippen LogP contribution in [0.25, 0.3) is 5.57 Å². The van der Waals surface area contributed by atoms with Gasteiger partial charge in [0.15, 0.2) is 0 Å². The van der Waals surface area contributed by atoms with Crippen LogP contribution < -0.4 is 10.7 Å². The Morgan fingerprint density at radius 3 is 2.69 bits per heavy atom. The number of benzene rings is 2. The van der Waals surface area contributed by atoms with Gasteiger partial charge < -0.3 is 5.32 Å². The van der Waals surface area contributed by atoms with Gasteiger partial charge in [0.25, 0.3) is 0 Å². The minimum atomic E-state index is 0.216. The van der Waals surface area contributed by atoms with E-state index < -0.39 is 0 Å². The van der Waals surface area contributed by atoms with Gasteiger partial charge in [-0.05, 0) is 36.6 Å². The molecule has 0 spiro atoms. The van der Waals surface area contributed by atoms with E-state index in [1.54, 1.807) is 6.21 Å². The highest BCUT2D eigenvalue weighted by atomic mass is 15.3. The van der Waals surface area contributed by atoms with Crippen molar-refractivity contribution in [1.29, 1.82) is 0 Å². The quantitative estimate of drug-likeness (QED) is 0.787. The maximum Gasteiger partial charge on any atom is 0.0687 e. The maximum atomic E-state index is 4.59. The molecule has 2 aromatic rings. The second kappa shape index (κ2) is 8.30. The summed E-state index contributed by atoms with van der Waals surface area (Å²) in [4.78, 5) is 4.59. The summed E-state index contributed by atoms with van der Waals surface area (Å²) in [6, 6.07) is 18.9. The van der Waals surface area contributed by atoms with Crippen LogP contribution in [0.5, 0.6) is 0 Å². The Morgan fingerprint density at radius 2 is 1.92 bits per heavy atom. The summed E-state index contributed by atoms with van der Waals surface area (Å²) in [5.41, 5.74) is 8.88. The number of hydrogen-bond donors (Lipinski definition) is 2. The number of rotatable bonds is 5. The van der Waals surface area contributed by atoms with Crippen LogP contribution >= 0.6 is 0 Å². The third-order valence-corrected chi connectivity index (χ3v) is 4.31. The molecule has 0 saturated carbocycles. The van der Waals surface area contributed by atoms with Crippen molar-refractivity contribution in [3.63, 3.8) is 0 Å². The molecule has 3 rings (SSSR count). The van der Waals surface area contributed by atoms with Crippen molar-refractivity contribution in [2.24, 2.45) is 10.1 Å². The fourth-order valence-corrected chi connectivity index (χ4v) is 2.83. The lowest BCUT2D eigenvalue weighted by molar-refractivity contribution is 0.885. The summed E-state index contributed by atoms with van der Waals surface area (Å²) in [5, 5.41) is 7.72. The lowest BCUT2D eigenvalue weighted by Gasteiger charge is -2.17. The summed E-state index contributed by atoms with van der Waals surface area (Å²) in [7, 11) is 0. The monoisotopic (exact) mass is 344 g/mol. The molecule has 132 valence electrons. The molecule has 0 unspecified atom stereocenters. The topological polar surface area (TPSA) is 48.8 Å². The van der Waals surface area contributed by atoms with Crippen LogP contribution in [0.2, 0.25) is 0 Å². The molecule has 0 saturated heterocycles. The zero-order chi connectivity index (χ0) is 18.4. The first-order valence-corrected chi connectivity index (χ1v) is 8.85. The van der Waals surface area contributed by atoms with E-state index in [0.717, 1.165) is 34.7 Å². The predicted octanol–water partition coefficient (Wildman–Crippen LogP) is 5.15. The number of allylic oxidation sites excluding steroid dienone is 1. The van der Waals surface area contributed by atoms with E-state index in [4.69, 9.17) is 0 Å². The van der Waals surface area contributed by atoms with Crippen molar-refractivity contribution in [2.75, 3.05) is 5.32 Å². The van der Waals surface area contributed by atoms with E-state index in [2.05, 4.69) is 83.7 Å². The zero-order valence-electron chi connectivity index (χ0n) is 15.2. The molecule has 0 aromatic heterocycles.